The molecule has 116 valence electrons. The van der Waals surface area contributed by atoms with Crippen LogP contribution in [0, 0.1) is 13.8 Å². The van der Waals surface area contributed by atoms with Crippen molar-refractivity contribution in [3.63, 3.8) is 0 Å². The number of nitrogens with zero attached hydrogens (tertiary/aromatic N) is 3. The molecular weight excluding hydrogens is 310 g/mol. The highest BCUT2D eigenvalue weighted by atomic mass is 32.1. The fraction of sp³-hybridized carbons (Fsp3) is 0.125. The Labute approximate surface area is 137 Å². The summed E-state index contributed by atoms with van der Waals surface area (Å²) in [6.45, 7) is 3.84. The summed E-state index contributed by atoms with van der Waals surface area (Å²) in [6, 6.07) is 9.01. The lowest BCUT2D eigenvalue weighted by atomic mass is 10.2. The number of carbonyl (C=O) groups is 1. The zero-order chi connectivity index (χ0) is 16.2. The molecule has 3 rings (SSSR count). The number of urea groups is 1. The second kappa shape index (κ2) is 6.53. The van der Waals surface area contributed by atoms with Gasteiger partial charge in [-0.2, -0.15) is 0 Å². The molecule has 0 saturated carbocycles. The highest BCUT2D eigenvalue weighted by Gasteiger charge is 2.09. The number of amides is 2. The van der Waals surface area contributed by atoms with Gasteiger partial charge in [0.15, 0.2) is 0 Å². The van der Waals surface area contributed by atoms with Gasteiger partial charge in [0.05, 0.1) is 5.69 Å². The molecule has 0 unspecified atom stereocenters. The fourth-order valence-corrected chi connectivity index (χ4v) is 2.83. The summed E-state index contributed by atoms with van der Waals surface area (Å²) in [5.41, 5.74) is 2.67. The Hall–Kier alpha value is -2.80. The number of hydrogen-bond acceptors (Lipinski definition) is 5. The largest absolute Gasteiger partial charge is 0.326 e. The normalized spacial score (nSPS) is 10.3. The Morgan fingerprint density at radius 3 is 2.65 bits per heavy atom. The van der Waals surface area contributed by atoms with E-state index in [0.717, 1.165) is 22.0 Å². The third-order valence-electron chi connectivity index (χ3n) is 2.97. The molecule has 0 aliphatic carbocycles. The van der Waals surface area contributed by atoms with Crippen LogP contribution in [0.1, 0.15) is 11.3 Å². The Bertz CT molecular complexity index is 811. The number of pyridine rings is 2. The van der Waals surface area contributed by atoms with Crippen LogP contribution < -0.4 is 10.6 Å². The van der Waals surface area contributed by atoms with Crippen LogP contribution in [0.5, 0.6) is 0 Å². The SMILES string of the molecule is Cc1cc(C)nc(NC(=O)Nc2csc(-c3ccccn3)n2)c1. The molecule has 0 fully saturated rings. The number of hydrogen-bond donors (Lipinski definition) is 2. The summed E-state index contributed by atoms with van der Waals surface area (Å²) in [4.78, 5) is 24.9. The first-order valence-corrected chi connectivity index (χ1v) is 7.88. The summed E-state index contributed by atoms with van der Waals surface area (Å²) in [5, 5.41) is 7.94. The number of aromatic nitrogens is 3. The average molecular weight is 325 g/mol. The monoisotopic (exact) mass is 325 g/mol. The lowest BCUT2D eigenvalue weighted by Gasteiger charge is -2.06. The quantitative estimate of drug-likeness (QED) is 0.766. The second-order valence-corrected chi connectivity index (χ2v) is 5.86. The molecule has 2 amide bonds. The minimum absolute atomic E-state index is 0.375. The molecular formula is C16H15N5OS. The Balaban J connectivity index is 1.68. The molecule has 0 aliphatic rings. The van der Waals surface area contributed by atoms with Crippen molar-refractivity contribution in [2.24, 2.45) is 0 Å². The van der Waals surface area contributed by atoms with Gasteiger partial charge in [-0.05, 0) is 43.7 Å². The maximum atomic E-state index is 12.0. The summed E-state index contributed by atoms with van der Waals surface area (Å²) >= 11 is 1.42. The lowest BCUT2D eigenvalue weighted by molar-refractivity contribution is 0.262. The van der Waals surface area contributed by atoms with Gasteiger partial charge in [0.2, 0.25) is 0 Å². The van der Waals surface area contributed by atoms with Crippen LogP contribution in [0.15, 0.2) is 41.9 Å². The van der Waals surface area contributed by atoms with Crippen LogP contribution in [-0.2, 0) is 0 Å². The van der Waals surface area contributed by atoms with Gasteiger partial charge in [-0.1, -0.05) is 6.07 Å². The van der Waals surface area contributed by atoms with Gasteiger partial charge in [-0.3, -0.25) is 15.6 Å². The van der Waals surface area contributed by atoms with Gasteiger partial charge in [-0.15, -0.1) is 11.3 Å². The average Bonchev–Trinajstić information content (AvgIpc) is 2.95. The summed E-state index contributed by atoms with van der Waals surface area (Å²) < 4.78 is 0. The van der Waals surface area contributed by atoms with Gasteiger partial charge < -0.3 is 0 Å². The van der Waals surface area contributed by atoms with E-state index >= 15 is 0 Å². The molecule has 0 saturated heterocycles. The summed E-state index contributed by atoms with van der Waals surface area (Å²) in [7, 11) is 0. The van der Waals surface area contributed by atoms with Crippen molar-refractivity contribution in [3.05, 3.63) is 53.2 Å². The fourth-order valence-electron chi connectivity index (χ4n) is 2.11. The molecule has 0 spiro atoms. The first-order chi connectivity index (χ1) is 11.1. The lowest BCUT2D eigenvalue weighted by Crippen LogP contribution is -2.20. The van der Waals surface area contributed by atoms with E-state index in [-0.39, 0.29) is 6.03 Å². The third-order valence-corrected chi connectivity index (χ3v) is 3.83. The molecule has 0 bridgehead atoms. The molecule has 0 aliphatic heterocycles. The zero-order valence-electron chi connectivity index (χ0n) is 12.7. The minimum Gasteiger partial charge on any atom is -0.292 e. The van der Waals surface area contributed by atoms with E-state index in [1.807, 2.05) is 44.2 Å². The highest BCUT2D eigenvalue weighted by molar-refractivity contribution is 7.13. The van der Waals surface area contributed by atoms with Gasteiger partial charge in [0.1, 0.15) is 16.6 Å². The van der Waals surface area contributed by atoms with Gasteiger partial charge in [0.25, 0.3) is 0 Å². The Morgan fingerprint density at radius 1 is 1.09 bits per heavy atom. The molecule has 6 nitrogen and oxygen atoms in total. The standard InChI is InChI=1S/C16H15N5OS/c1-10-7-11(2)18-13(8-10)20-16(22)21-14-9-23-15(19-14)12-5-3-4-6-17-12/h3-9H,1-2H3,(H2,18,20,21,22). The van der Waals surface area contributed by atoms with Gasteiger partial charge in [-0.25, -0.2) is 14.8 Å². The molecule has 3 heterocycles. The number of aryl methyl sites for hydroxylation is 2. The number of thiazole rings is 1. The first kappa shape index (κ1) is 15.1. The molecule has 2 N–H and O–H groups in total. The van der Waals surface area contributed by atoms with E-state index in [1.165, 1.54) is 11.3 Å². The van der Waals surface area contributed by atoms with Crippen molar-refractivity contribution < 1.29 is 4.79 Å². The summed E-state index contributed by atoms with van der Waals surface area (Å²) in [5.74, 6) is 0.998. The smallest absolute Gasteiger partial charge is 0.292 e. The topological polar surface area (TPSA) is 79.8 Å². The molecule has 0 radical (unpaired) electrons. The Kier molecular flexibility index (Phi) is 4.29. The van der Waals surface area contributed by atoms with Crippen LogP contribution in [0.4, 0.5) is 16.4 Å². The maximum absolute atomic E-state index is 12.0. The Morgan fingerprint density at radius 2 is 1.91 bits per heavy atom. The minimum atomic E-state index is -0.375. The van der Waals surface area contributed by atoms with Crippen molar-refractivity contribution in [2.75, 3.05) is 10.6 Å². The molecule has 0 aromatic carbocycles. The predicted molar refractivity (Wildman–Crippen MR) is 91.7 cm³/mol. The molecule has 3 aromatic rings. The van der Waals surface area contributed by atoms with Gasteiger partial charge >= 0.3 is 6.03 Å². The predicted octanol–water partition coefficient (Wildman–Crippen LogP) is 3.86. The third kappa shape index (κ3) is 3.89. The second-order valence-electron chi connectivity index (χ2n) is 5.00. The number of carbonyl (C=O) groups excluding carboxylic acids is 1. The highest BCUT2D eigenvalue weighted by Crippen LogP contribution is 2.23. The van der Waals surface area contributed by atoms with Crippen LogP contribution in [-0.4, -0.2) is 21.0 Å². The van der Waals surface area contributed by atoms with Crippen LogP contribution in [0.2, 0.25) is 0 Å². The molecule has 7 heteroatoms. The van der Waals surface area contributed by atoms with Crippen molar-refractivity contribution >= 4 is 29.0 Å². The van der Waals surface area contributed by atoms with Crippen LogP contribution >= 0.6 is 11.3 Å². The van der Waals surface area contributed by atoms with E-state index < -0.39 is 0 Å². The van der Waals surface area contributed by atoms with Crippen LogP contribution in [0.25, 0.3) is 10.7 Å². The zero-order valence-corrected chi connectivity index (χ0v) is 13.5. The van der Waals surface area contributed by atoms with Crippen molar-refractivity contribution in [1.29, 1.82) is 0 Å². The molecule has 23 heavy (non-hydrogen) atoms. The number of nitrogens with one attached hydrogen (secondary N) is 2. The number of anilines is 2. The first-order valence-electron chi connectivity index (χ1n) is 7.00. The van der Waals surface area contributed by atoms with E-state index in [0.29, 0.717) is 11.6 Å². The van der Waals surface area contributed by atoms with E-state index in [2.05, 4.69) is 25.6 Å². The van der Waals surface area contributed by atoms with E-state index in [4.69, 9.17) is 0 Å². The molecule has 3 aromatic heterocycles. The maximum Gasteiger partial charge on any atom is 0.326 e. The molecule has 0 atom stereocenters. The van der Waals surface area contributed by atoms with E-state index in [1.54, 1.807) is 11.6 Å². The van der Waals surface area contributed by atoms with Crippen molar-refractivity contribution in [3.8, 4) is 10.7 Å². The van der Waals surface area contributed by atoms with Crippen molar-refractivity contribution in [2.45, 2.75) is 13.8 Å². The number of rotatable bonds is 3. The van der Waals surface area contributed by atoms with Crippen molar-refractivity contribution in [1.82, 2.24) is 15.0 Å². The summed E-state index contributed by atoms with van der Waals surface area (Å²) in [6.07, 6.45) is 1.71. The van der Waals surface area contributed by atoms with E-state index in [9.17, 15) is 4.79 Å². The van der Waals surface area contributed by atoms with Crippen LogP contribution in [0.3, 0.4) is 0 Å². The van der Waals surface area contributed by atoms with Gasteiger partial charge in [0, 0.05) is 17.3 Å².